The quantitative estimate of drug-likeness (QED) is 0.611. The molecule has 0 bridgehead atoms. The van der Waals surface area contributed by atoms with Crippen molar-refractivity contribution in [2.24, 2.45) is 0 Å². The van der Waals surface area contributed by atoms with Gasteiger partial charge >= 0.3 is 0 Å². The van der Waals surface area contributed by atoms with Crippen LogP contribution in [0.15, 0.2) is 48.7 Å². The number of benzene rings is 1. The maximum absolute atomic E-state index is 13.5. The van der Waals surface area contributed by atoms with Gasteiger partial charge in [0, 0.05) is 44.4 Å². The van der Waals surface area contributed by atoms with Gasteiger partial charge in [0.15, 0.2) is 0 Å². The van der Waals surface area contributed by atoms with Crippen LogP contribution < -0.4 is 0 Å². The fraction of sp³-hybridized carbons (Fsp3) is 0.333. The van der Waals surface area contributed by atoms with Gasteiger partial charge in [0.2, 0.25) is 0 Å². The van der Waals surface area contributed by atoms with E-state index in [-0.39, 0.29) is 17.9 Å². The molecule has 1 aromatic carbocycles. The van der Waals surface area contributed by atoms with E-state index in [9.17, 15) is 9.59 Å². The number of ether oxygens (including phenoxy) is 1. The lowest BCUT2D eigenvalue weighted by atomic mass is 10.0. The maximum atomic E-state index is 13.5. The molecule has 7 nitrogen and oxygen atoms in total. The maximum Gasteiger partial charge on any atom is 0.254 e. The summed E-state index contributed by atoms with van der Waals surface area (Å²) in [5, 5.41) is 1.20. The van der Waals surface area contributed by atoms with Crippen LogP contribution in [0.4, 0.5) is 0 Å². The highest BCUT2D eigenvalue weighted by Gasteiger charge is 2.32. The summed E-state index contributed by atoms with van der Waals surface area (Å²) in [5.41, 5.74) is 2.39. The molecule has 2 aliphatic heterocycles. The fourth-order valence-electron chi connectivity index (χ4n) is 4.31. The molecule has 0 saturated carbocycles. The van der Waals surface area contributed by atoms with Crippen LogP contribution in [-0.4, -0.2) is 70.5 Å². The number of carbonyl (C=O) groups is 2. The number of hydrogen-bond donors (Lipinski definition) is 0. The average Bonchev–Trinajstić information content (AvgIpc) is 3.39. The molecular weight excluding hydrogens is 428 g/mol. The molecule has 2 aliphatic rings. The van der Waals surface area contributed by atoms with Crippen LogP contribution in [0, 0.1) is 0 Å². The Hall–Kier alpha value is -3.03. The highest BCUT2D eigenvalue weighted by atomic mass is 35.5. The molecule has 164 valence electrons. The van der Waals surface area contributed by atoms with E-state index in [2.05, 4.69) is 9.97 Å². The number of para-hydroxylation sites is 1. The molecular formula is C24H23ClN4O3. The highest BCUT2D eigenvalue weighted by molar-refractivity contribution is 6.35. The first-order valence-electron chi connectivity index (χ1n) is 10.8. The number of pyridine rings is 2. The van der Waals surface area contributed by atoms with Gasteiger partial charge in [0.05, 0.1) is 27.5 Å². The molecule has 2 fully saturated rings. The first-order chi connectivity index (χ1) is 15.6. The lowest BCUT2D eigenvalue weighted by Gasteiger charge is -2.36. The first kappa shape index (κ1) is 20.8. The lowest BCUT2D eigenvalue weighted by molar-refractivity contribution is -0.142. The van der Waals surface area contributed by atoms with E-state index in [1.807, 2.05) is 30.3 Å². The van der Waals surface area contributed by atoms with Crippen LogP contribution in [0.2, 0.25) is 5.02 Å². The minimum absolute atomic E-state index is 0.0354. The zero-order chi connectivity index (χ0) is 22.1. The number of carbonyl (C=O) groups excluding carboxylic acids is 2. The number of piperazine rings is 1. The van der Waals surface area contributed by atoms with Crippen LogP contribution in [0.25, 0.3) is 22.3 Å². The number of hydrogen-bond acceptors (Lipinski definition) is 5. The average molecular weight is 451 g/mol. The number of fused-ring (bicyclic) bond motifs is 1. The van der Waals surface area contributed by atoms with Crippen molar-refractivity contribution >= 4 is 34.3 Å². The SMILES string of the molecule is O=C(c1cc(-c2ccccn2)nc2c(Cl)cccc12)N1CCN(C(=O)[C@H]2CCCO2)CC1. The van der Waals surface area contributed by atoms with Crippen molar-refractivity contribution in [3.8, 4) is 11.4 Å². The van der Waals surface area contributed by atoms with E-state index in [0.29, 0.717) is 65.7 Å². The molecule has 32 heavy (non-hydrogen) atoms. The number of halogens is 1. The molecule has 2 amide bonds. The Morgan fingerprint density at radius 3 is 2.53 bits per heavy atom. The summed E-state index contributed by atoms with van der Waals surface area (Å²) in [4.78, 5) is 38.8. The second-order valence-corrected chi connectivity index (χ2v) is 8.43. The van der Waals surface area contributed by atoms with E-state index >= 15 is 0 Å². The summed E-state index contributed by atoms with van der Waals surface area (Å²) in [5.74, 6) is -0.0609. The predicted molar refractivity (Wildman–Crippen MR) is 121 cm³/mol. The van der Waals surface area contributed by atoms with E-state index < -0.39 is 0 Å². The minimum atomic E-state index is -0.329. The Morgan fingerprint density at radius 2 is 1.81 bits per heavy atom. The molecule has 8 heteroatoms. The van der Waals surface area contributed by atoms with E-state index in [4.69, 9.17) is 16.3 Å². The van der Waals surface area contributed by atoms with Gasteiger partial charge in [-0.05, 0) is 37.1 Å². The monoisotopic (exact) mass is 450 g/mol. The second-order valence-electron chi connectivity index (χ2n) is 8.03. The highest BCUT2D eigenvalue weighted by Crippen LogP contribution is 2.29. The van der Waals surface area contributed by atoms with Crippen LogP contribution in [0.3, 0.4) is 0 Å². The van der Waals surface area contributed by atoms with Gasteiger partial charge in [-0.1, -0.05) is 29.8 Å². The third-order valence-electron chi connectivity index (χ3n) is 6.03. The van der Waals surface area contributed by atoms with E-state index in [0.717, 1.165) is 12.8 Å². The molecule has 0 aliphatic carbocycles. The molecule has 4 heterocycles. The molecule has 2 saturated heterocycles. The summed E-state index contributed by atoms with van der Waals surface area (Å²) in [6, 6.07) is 12.8. The largest absolute Gasteiger partial charge is 0.368 e. The topological polar surface area (TPSA) is 75.6 Å². The smallest absolute Gasteiger partial charge is 0.254 e. The second kappa shape index (κ2) is 8.84. The van der Waals surface area contributed by atoms with Gasteiger partial charge in [-0.3, -0.25) is 14.6 Å². The van der Waals surface area contributed by atoms with Crippen LogP contribution >= 0.6 is 11.6 Å². The van der Waals surface area contributed by atoms with Gasteiger partial charge in [-0.15, -0.1) is 0 Å². The first-order valence-corrected chi connectivity index (χ1v) is 11.2. The summed E-state index contributed by atoms with van der Waals surface area (Å²) in [7, 11) is 0. The number of rotatable bonds is 3. The Bertz CT molecular complexity index is 1160. The predicted octanol–water partition coefficient (Wildman–Crippen LogP) is 3.41. The van der Waals surface area contributed by atoms with E-state index in [1.165, 1.54) is 0 Å². The van der Waals surface area contributed by atoms with Gasteiger partial charge < -0.3 is 14.5 Å². The molecule has 0 radical (unpaired) electrons. The Balaban J connectivity index is 1.42. The normalized spacial score (nSPS) is 18.8. The van der Waals surface area contributed by atoms with Gasteiger partial charge in [-0.2, -0.15) is 0 Å². The number of nitrogens with zero attached hydrogens (tertiary/aromatic N) is 4. The standard InChI is InChI=1S/C24H23ClN4O3/c25-18-6-3-5-16-17(15-20(27-22(16)18)19-7-1-2-9-26-19)23(30)28-10-12-29(13-11-28)24(31)21-8-4-14-32-21/h1-3,5-7,9,15,21H,4,8,10-14H2/t21-/m1/s1. The third kappa shape index (κ3) is 3.94. The van der Waals surface area contributed by atoms with Crippen molar-refractivity contribution in [2.45, 2.75) is 18.9 Å². The summed E-state index contributed by atoms with van der Waals surface area (Å²) < 4.78 is 5.53. The molecule has 0 spiro atoms. The van der Waals surface area contributed by atoms with Gasteiger partial charge in [0.1, 0.15) is 6.10 Å². The summed E-state index contributed by atoms with van der Waals surface area (Å²) >= 11 is 6.43. The zero-order valence-corrected chi connectivity index (χ0v) is 18.3. The Labute approximate surface area is 191 Å². The lowest BCUT2D eigenvalue weighted by Crippen LogP contribution is -2.52. The zero-order valence-electron chi connectivity index (χ0n) is 17.5. The van der Waals surface area contributed by atoms with Crippen LogP contribution in [0.5, 0.6) is 0 Å². The minimum Gasteiger partial charge on any atom is -0.368 e. The van der Waals surface area contributed by atoms with Gasteiger partial charge in [-0.25, -0.2) is 4.98 Å². The van der Waals surface area contributed by atoms with Crippen molar-refractivity contribution in [3.63, 3.8) is 0 Å². The Morgan fingerprint density at radius 1 is 1.00 bits per heavy atom. The van der Waals surface area contributed by atoms with E-state index in [1.54, 1.807) is 28.1 Å². The summed E-state index contributed by atoms with van der Waals surface area (Å²) in [6.45, 7) is 2.59. The van der Waals surface area contributed by atoms with Crippen LogP contribution in [0.1, 0.15) is 23.2 Å². The molecule has 3 aromatic rings. The third-order valence-corrected chi connectivity index (χ3v) is 6.34. The number of amides is 2. The fourth-order valence-corrected chi connectivity index (χ4v) is 4.53. The molecule has 0 unspecified atom stereocenters. The molecule has 1 atom stereocenters. The Kier molecular flexibility index (Phi) is 5.76. The number of aromatic nitrogens is 2. The van der Waals surface area contributed by atoms with Crippen molar-refractivity contribution in [1.82, 2.24) is 19.8 Å². The van der Waals surface area contributed by atoms with Crippen molar-refractivity contribution in [2.75, 3.05) is 32.8 Å². The molecule has 0 N–H and O–H groups in total. The van der Waals surface area contributed by atoms with Crippen molar-refractivity contribution in [1.29, 1.82) is 0 Å². The van der Waals surface area contributed by atoms with Crippen LogP contribution in [-0.2, 0) is 9.53 Å². The molecule has 5 rings (SSSR count). The molecule has 2 aromatic heterocycles. The summed E-state index contributed by atoms with van der Waals surface area (Å²) in [6.07, 6.45) is 3.06. The van der Waals surface area contributed by atoms with Gasteiger partial charge in [0.25, 0.3) is 11.8 Å². The van der Waals surface area contributed by atoms with Crippen molar-refractivity contribution < 1.29 is 14.3 Å². The van der Waals surface area contributed by atoms with Crippen molar-refractivity contribution in [3.05, 3.63) is 59.2 Å².